The van der Waals surface area contributed by atoms with Crippen molar-refractivity contribution in [3.05, 3.63) is 29.8 Å². The molecule has 0 spiro atoms. The molecule has 0 aromatic heterocycles. The Kier molecular flexibility index (Phi) is 5.54. The van der Waals surface area contributed by atoms with E-state index in [9.17, 15) is 8.42 Å². The second kappa shape index (κ2) is 6.55. The van der Waals surface area contributed by atoms with Crippen molar-refractivity contribution in [2.24, 2.45) is 11.7 Å². The van der Waals surface area contributed by atoms with Crippen molar-refractivity contribution in [2.75, 3.05) is 13.1 Å². The molecule has 0 bridgehead atoms. The molecule has 1 aromatic rings. The summed E-state index contributed by atoms with van der Waals surface area (Å²) in [4.78, 5) is 0.233. The zero-order valence-electron chi connectivity index (χ0n) is 11.2. The van der Waals surface area contributed by atoms with Gasteiger partial charge in [-0.25, -0.2) is 8.42 Å². The normalized spacial score (nSPS) is 20.9. The Morgan fingerprint density at radius 2 is 2.00 bits per heavy atom. The molecule has 0 radical (unpaired) electrons. The highest BCUT2D eigenvalue weighted by Crippen LogP contribution is 2.25. The van der Waals surface area contributed by atoms with Crippen LogP contribution in [0.5, 0.6) is 0 Å². The summed E-state index contributed by atoms with van der Waals surface area (Å²) in [7, 11) is -3.46. The number of sulfonamides is 1. The molecular formula is C13H18ClN3O2S. The Balaban J connectivity index is 0.00000200. The number of hydrogen-bond acceptors (Lipinski definition) is 4. The van der Waals surface area contributed by atoms with Gasteiger partial charge in [-0.15, -0.1) is 12.4 Å². The van der Waals surface area contributed by atoms with E-state index in [0.717, 1.165) is 6.42 Å². The maximum absolute atomic E-state index is 12.4. The van der Waals surface area contributed by atoms with Gasteiger partial charge >= 0.3 is 0 Å². The first-order chi connectivity index (χ1) is 8.95. The van der Waals surface area contributed by atoms with Gasteiger partial charge in [0.1, 0.15) is 0 Å². The molecule has 20 heavy (non-hydrogen) atoms. The smallest absolute Gasteiger partial charge is 0.243 e. The Morgan fingerprint density at radius 3 is 2.45 bits per heavy atom. The Bertz CT molecular complexity index is 593. The minimum Gasteiger partial charge on any atom is -0.328 e. The van der Waals surface area contributed by atoms with E-state index >= 15 is 0 Å². The zero-order valence-corrected chi connectivity index (χ0v) is 12.8. The maximum atomic E-state index is 12.4. The van der Waals surface area contributed by atoms with Gasteiger partial charge in [-0.1, -0.05) is 0 Å². The van der Waals surface area contributed by atoms with Gasteiger partial charge in [-0.2, -0.15) is 9.57 Å². The molecule has 0 amide bonds. The Hall–Kier alpha value is -1.13. The summed E-state index contributed by atoms with van der Waals surface area (Å²) < 4.78 is 26.3. The first-order valence-electron chi connectivity index (χ1n) is 6.21. The van der Waals surface area contributed by atoms with Crippen molar-refractivity contribution in [1.29, 1.82) is 5.26 Å². The van der Waals surface area contributed by atoms with Crippen LogP contribution in [-0.2, 0) is 10.0 Å². The molecule has 0 aliphatic carbocycles. The summed E-state index contributed by atoms with van der Waals surface area (Å²) in [6.07, 6.45) is 0.799. The molecule has 2 N–H and O–H groups in total. The topological polar surface area (TPSA) is 87.2 Å². The highest BCUT2D eigenvalue weighted by atomic mass is 35.5. The van der Waals surface area contributed by atoms with Crippen LogP contribution in [0, 0.1) is 17.2 Å². The van der Waals surface area contributed by atoms with Gasteiger partial charge in [-0.05, 0) is 43.5 Å². The third kappa shape index (κ3) is 3.30. The Labute approximate surface area is 125 Å². The van der Waals surface area contributed by atoms with E-state index in [0.29, 0.717) is 18.7 Å². The third-order valence-electron chi connectivity index (χ3n) is 3.55. The standard InChI is InChI=1S/C13H17N3O2S.ClH/c1-10(15)12-6-7-16(9-12)19(17,18)13-4-2-11(8-14)3-5-13;/h2-5,10,12H,6-7,9,15H2,1H3;1H. The van der Waals surface area contributed by atoms with E-state index < -0.39 is 10.0 Å². The number of hydrogen-bond donors (Lipinski definition) is 1. The second-order valence-corrected chi connectivity index (χ2v) is 6.85. The van der Waals surface area contributed by atoms with Gasteiger partial charge < -0.3 is 5.73 Å². The van der Waals surface area contributed by atoms with E-state index in [2.05, 4.69) is 0 Å². The van der Waals surface area contributed by atoms with Gasteiger partial charge in [0.25, 0.3) is 0 Å². The van der Waals surface area contributed by atoms with Crippen molar-refractivity contribution in [3.8, 4) is 6.07 Å². The van der Waals surface area contributed by atoms with Crippen molar-refractivity contribution in [1.82, 2.24) is 4.31 Å². The number of nitrogens with two attached hydrogens (primary N) is 1. The van der Waals surface area contributed by atoms with Gasteiger partial charge in [0.15, 0.2) is 0 Å². The van der Waals surface area contributed by atoms with Gasteiger partial charge in [0, 0.05) is 19.1 Å². The molecule has 2 rings (SSSR count). The van der Waals surface area contributed by atoms with Crippen LogP contribution in [0.1, 0.15) is 18.9 Å². The number of rotatable bonds is 3. The van der Waals surface area contributed by atoms with Gasteiger partial charge in [0.2, 0.25) is 10.0 Å². The molecule has 1 aliphatic rings. The first-order valence-corrected chi connectivity index (χ1v) is 7.65. The maximum Gasteiger partial charge on any atom is 0.243 e. The molecule has 110 valence electrons. The van der Waals surface area contributed by atoms with E-state index in [1.165, 1.54) is 28.6 Å². The van der Waals surface area contributed by atoms with Crippen molar-refractivity contribution >= 4 is 22.4 Å². The van der Waals surface area contributed by atoms with Gasteiger partial charge in [-0.3, -0.25) is 0 Å². The minimum atomic E-state index is -3.46. The van der Waals surface area contributed by atoms with Crippen LogP contribution >= 0.6 is 12.4 Å². The summed E-state index contributed by atoms with van der Waals surface area (Å²) >= 11 is 0. The fourth-order valence-corrected chi connectivity index (χ4v) is 3.76. The number of nitrogens with zero attached hydrogens (tertiary/aromatic N) is 2. The quantitative estimate of drug-likeness (QED) is 0.911. The predicted octanol–water partition coefficient (Wildman–Crippen LogP) is 1.34. The molecule has 7 heteroatoms. The molecule has 1 aromatic carbocycles. The lowest BCUT2D eigenvalue weighted by Gasteiger charge is -2.18. The molecule has 1 aliphatic heterocycles. The monoisotopic (exact) mass is 315 g/mol. The molecule has 2 atom stereocenters. The largest absolute Gasteiger partial charge is 0.328 e. The molecule has 2 unspecified atom stereocenters. The van der Waals surface area contributed by atoms with E-state index in [1.54, 1.807) is 0 Å². The minimum absolute atomic E-state index is 0. The molecular weight excluding hydrogens is 298 g/mol. The summed E-state index contributed by atoms with van der Waals surface area (Å²) in [5.41, 5.74) is 6.27. The van der Waals surface area contributed by atoms with Crippen molar-refractivity contribution in [3.63, 3.8) is 0 Å². The molecule has 5 nitrogen and oxygen atoms in total. The molecule has 1 fully saturated rings. The van der Waals surface area contributed by atoms with E-state index in [-0.39, 0.29) is 29.3 Å². The van der Waals surface area contributed by atoms with Gasteiger partial charge in [0.05, 0.1) is 16.5 Å². The van der Waals surface area contributed by atoms with Crippen molar-refractivity contribution < 1.29 is 8.42 Å². The lowest BCUT2D eigenvalue weighted by Crippen LogP contribution is -2.33. The predicted molar refractivity (Wildman–Crippen MR) is 78.9 cm³/mol. The second-order valence-electron chi connectivity index (χ2n) is 4.91. The average molecular weight is 316 g/mol. The van der Waals surface area contributed by atoms with Crippen LogP contribution in [0.15, 0.2) is 29.2 Å². The lowest BCUT2D eigenvalue weighted by molar-refractivity contribution is 0.429. The summed E-state index contributed by atoms with van der Waals surface area (Å²) in [5.74, 6) is 0.216. The number of halogens is 1. The molecule has 1 heterocycles. The van der Waals surface area contributed by atoms with Crippen LogP contribution in [0.4, 0.5) is 0 Å². The highest BCUT2D eigenvalue weighted by Gasteiger charge is 2.33. The summed E-state index contributed by atoms with van der Waals surface area (Å²) in [6, 6.07) is 7.97. The summed E-state index contributed by atoms with van der Waals surface area (Å²) in [5, 5.41) is 8.71. The Morgan fingerprint density at radius 1 is 1.40 bits per heavy atom. The fraction of sp³-hybridized carbons (Fsp3) is 0.462. The van der Waals surface area contributed by atoms with Crippen LogP contribution < -0.4 is 5.73 Å². The highest BCUT2D eigenvalue weighted by molar-refractivity contribution is 7.89. The molecule has 1 saturated heterocycles. The number of benzene rings is 1. The third-order valence-corrected chi connectivity index (χ3v) is 5.43. The zero-order chi connectivity index (χ0) is 14.0. The number of nitriles is 1. The molecule has 0 saturated carbocycles. The summed E-state index contributed by atoms with van der Waals surface area (Å²) in [6.45, 7) is 2.89. The van der Waals surface area contributed by atoms with E-state index in [4.69, 9.17) is 11.0 Å². The SMILES string of the molecule is CC(N)C1CCN(S(=O)(=O)c2ccc(C#N)cc2)C1.Cl. The van der Waals surface area contributed by atoms with Crippen LogP contribution in [0.2, 0.25) is 0 Å². The first kappa shape index (κ1) is 16.9. The van der Waals surface area contributed by atoms with Crippen LogP contribution in [0.3, 0.4) is 0 Å². The van der Waals surface area contributed by atoms with Crippen LogP contribution in [0.25, 0.3) is 0 Å². The lowest BCUT2D eigenvalue weighted by atomic mass is 10.0. The average Bonchev–Trinajstić information content (AvgIpc) is 2.89. The van der Waals surface area contributed by atoms with Crippen LogP contribution in [-0.4, -0.2) is 31.9 Å². The van der Waals surface area contributed by atoms with Crippen molar-refractivity contribution in [2.45, 2.75) is 24.3 Å². The van der Waals surface area contributed by atoms with E-state index in [1.807, 2.05) is 13.0 Å². The fourth-order valence-electron chi connectivity index (χ4n) is 2.25.